The molecule has 1 aliphatic rings. The molecular weight excluding hydrogens is 264 g/mol. The highest BCUT2D eigenvalue weighted by atomic mass is 16.6. The van der Waals surface area contributed by atoms with Gasteiger partial charge in [0.2, 0.25) is 0 Å². The molecule has 0 amide bonds. The predicted octanol–water partition coefficient (Wildman–Crippen LogP) is 3.50. The molecule has 0 saturated heterocycles. The van der Waals surface area contributed by atoms with Gasteiger partial charge in [-0.2, -0.15) is 0 Å². The van der Waals surface area contributed by atoms with Gasteiger partial charge in [-0.05, 0) is 43.2 Å². The number of hydrogen-bond donors (Lipinski definition) is 0. The van der Waals surface area contributed by atoms with Gasteiger partial charge in [-0.25, -0.2) is 0 Å². The van der Waals surface area contributed by atoms with Crippen LogP contribution < -0.4 is 9.47 Å². The van der Waals surface area contributed by atoms with Gasteiger partial charge in [0, 0.05) is 12.0 Å². The highest BCUT2D eigenvalue weighted by molar-refractivity contribution is 5.98. The monoisotopic (exact) mass is 282 g/mol. The molecule has 0 radical (unpaired) electrons. The Bertz CT molecular complexity index is 689. The first kappa shape index (κ1) is 13.7. The van der Waals surface area contributed by atoms with Gasteiger partial charge >= 0.3 is 0 Å². The van der Waals surface area contributed by atoms with Crippen molar-refractivity contribution in [2.75, 3.05) is 13.2 Å². The summed E-state index contributed by atoms with van der Waals surface area (Å²) >= 11 is 0. The number of ether oxygens (including phenoxy) is 2. The molecule has 0 unspecified atom stereocenters. The lowest BCUT2D eigenvalue weighted by Crippen LogP contribution is -2.16. The second kappa shape index (κ2) is 5.60. The Balaban J connectivity index is 1.83. The van der Waals surface area contributed by atoms with Crippen LogP contribution in [0.15, 0.2) is 36.4 Å². The normalized spacial score (nSPS) is 13.0. The van der Waals surface area contributed by atoms with Gasteiger partial charge < -0.3 is 9.47 Å². The summed E-state index contributed by atoms with van der Waals surface area (Å²) in [4.78, 5) is 12.5. The van der Waals surface area contributed by atoms with Gasteiger partial charge in [0.1, 0.15) is 13.2 Å². The largest absolute Gasteiger partial charge is 0.486 e. The van der Waals surface area contributed by atoms with Gasteiger partial charge in [0.25, 0.3) is 0 Å². The minimum atomic E-state index is 0.0978. The zero-order valence-electron chi connectivity index (χ0n) is 12.3. The van der Waals surface area contributed by atoms with Crippen molar-refractivity contribution in [3.8, 4) is 11.5 Å². The zero-order valence-corrected chi connectivity index (χ0v) is 12.3. The molecule has 0 aliphatic carbocycles. The fourth-order valence-corrected chi connectivity index (χ4v) is 2.48. The van der Waals surface area contributed by atoms with E-state index < -0.39 is 0 Å². The second-order valence-electron chi connectivity index (χ2n) is 5.39. The molecule has 21 heavy (non-hydrogen) atoms. The summed E-state index contributed by atoms with van der Waals surface area (Å²) in [5.41, 5.74) is 4.06. The molecular formula is C18H18O3. The fourth-order valence-electron chi connectivity index (χ4n) is 2.48. The molecule has 2 aromatic rings. The molecule has 3 heteroatoms. The maximum Gasteiger partial charge on any atom is 0.167 e. The third kappa shape index (κ3) is 2.92. The minimum Gasteiger partial charge on any atom is -0.486 e. The SMILES string of the molecule is Cc1ccc(C)c(CC(=O)c2ccc3c(c2)OCCO3)c1. The minimum absolute atomic E-state index is 0.0978. The summed E-state index contributed by atoms with van der Waals surface area (Å²) in [5.74, 6) is 1.47. The third-order valence-electron chi connectivity index (χ3n) is 3.72. The molecule has 1 aliphatic heterocycles. The maximum atomic E-state index is 12.5. The lowest BCUT2D eigenvalue weighted by Gasteiger charge is -2.18. The summed E-state index contributed by atoms with van der Waals surface area (Å²) in [6.45, 7) is 5.16. The Morgan fingerprint density at radius 1 is 1.00 bits per heavy atom. The lowest BCUT2D eigenvalue weighted by molar-refractivity contribution is 0.0991. The van der Waals surface area contributed by atoms with E-state index in [9.17, 15) is 4.79 Å². The number of Topliss-reactive ketones (excluding diaryl/α,β-unsaturated/α-hetero) is 1. The average Bonchev–Trinajstić information content (AvgIpc) is 2.50. The van der Waals surface area contributed by atoms with Crippen LogP contribution in [0.3, 0.4) is 0 Å². The van der Waals surface area contributed by atoms with Gasteiger partial charge in [0.15, 0.2) is 17.3 Å². The highest BCUT2D eigenvalue weighted by Crippen LogP contribution is 2.31. The van der Waals surface area contributed by atoms with Crippen molar-refractivity contribution in [1.29, 1.82) is 0 Å². The predicted molar refractivity (Wildman–Crippen MR) is 81.4 cm³/mol. The summed E-state index contributed by atoms with van der Waals surface area (Å²) < 4.78 is 11.0. The molecule has 0 fully saturated rings. The smallest absolute Gasteiger partial charge is 0.167 e. The Labute approximate surface area is 124 Å². The van der Waals surface area contributed by atoms with E-state index >= 15 is 0 Å². The molecule has 2 aromatic carbocycles. The number of aryl methyl sites for hydroxylation is 2. The van der Waals surface area contributed by atoms with E-state index in [2.05, 4.69) is 18.2 Å². The van der Waals surface area contributed by atoms with Crippen molar-refractivity contribution in [3.05, 3.63) is 58.7 Å². The number of hydrogen-bond acceptors (Lipinski definition) is 3. The molecule has 0 atom stereocenters. The second-order valence-corrected chi connectivity index (χ2v) is 5.39. The molecule has 0 saturated carbocycles. The number of rotatable bonds is 3. The van der Waals surface area contributed by atoms with Gasteiger partial charge in [-0.1, -0.05) is 23.8 Å². The van der Waals surface area contributed by atoms with Gasteiger partial charge in [-0.3, -0.25) is 4.79 Å². The van der Waals surface area contributed by atoms with E-state index in [-0.39, 0.29) is 5.78 Å². The molecule has 1 heterocycles. The first-order valence-electron chi connectivity index (χ1n) is 7.12. The van der Waals surface area contributed by atoms with Crippen LogP contribution in [0.5, 0.6) is 11.5 Å². The molecule has 108 valence electrons. The summed E-state index contributed by atoms with van der Waals surface area (Å²) in [7, 11) is 0. The van der Waals surface area contributed by atoms with Crippen LogP contribution in [0.1, 0.15) is 27.0 Å². The number of ketones is 1. The van der Waals surface area contributed by atoms with Crippen molar-refractivity contribution < 1.29 is 14.3 Å². The van der Waals surface area contributed by atoms with Crippen LogP contribution in [-0.2, 0) is 6.42 Å². The van der Waals surface area contributed by atoms with Gasteiger partial charge in [-0.15, -0.1) is 0 Å². The van der Waals surface area contributed by atoms with E-state index in [0.29, 0.717) is 36.7 Å². The Kier molecular flexibility index (Phi) is 3.65. The van der Waals surface area contributed by atoms with Crippen molar-refractivity contribution in [3.63, 3.8) is 0 Å². The van der Waals surface area contributed by atoms with Crippen LogP contribution >= 0.6 is 0 Å². The van der Waals surface area contributed by atoms with Crippen molar-refractivity contribution in [2.24, 2.45) is 0 Å². The average molecular weight is 282 g/mol. The van der Waals surface area contributed by atoms with Crippen LogP contribution in [0, 0.1) is 13.8 Å². The number of benzene rings is 2. The van der Waals surface area contributed by atoms with Crippen LogP contribution in [0.2, 0.25) is 0 Å². The standard InChI is InChI=1S/C18H18O3/c1-12-3-4-13(2)15(9-12)10-16(19)14-5-6-17-18(11-14)21-8-7-20-17/h3-6,9,11H,7-8,10H2,1-2H3. The summed E-state index contributed by atoms with van der Waals surface area (Å²) in [6, 6.07) is 11.6. The topological polar surface area (TPSA) is 35.5 Å². The van der Waals surface area contributed by atoms with Crippen LogP contribution in [-0.4, -0.2) is 19.0 Å². The Morgan fingerprint density at radius 3 is 2.57 bits per heavy atom. The highest BCUT2D eigenvalue weighted by Gasteiger charge is 2.15. The first-order chi connectivity index (χ1) is 10.1. The zero-order chi connectivity index (χ0) is 14.8. The van der Waals surface area contributed by atoms with E-state index in [1.807, 2.05) is 19.9 Å². The molecule has 0 aromatic heterocycles. The molecule has 0 N–H and O–H groups in total. The molecule has 0 bridgehead atoms. The Morgan fingerprint density at radius 2 is 1.76 bits per heavy atom. The van der Waals surface area contributed by atoms with Crippen molar-refractivity contribution >= 4 is 5.78 Å². The molecule has 3 nitrogen and oxygen atoms in total. The van der Waals surface area contributed by atoms with Crippen LogP contribution in [0.25, 0.3) is 0 Å². The quantitative estimate of drug-likeness (QED) is 0.808. The molecule has 3 rings (SSSR count). The van der Waals surface area contributed by atoms with E-state index in [4.69, 9.17) is 9.47 Å². The number of carbonyl (C=O) groups excluding carboxylic acids is 1. The summed E-state index contributed by atoms with van der Waals surface area (Å²) in [6.07, 6.45) is 0.410. The van der Waals surface area contributed by atoms with E-state index in [0.717, 1.165) is 11.1 Å². The van der Waals surface area contributed by atoms with Crippen molar-refractivity contribution in [1.82, 2.24) is 0 Å². The van der Waals surface area contributed by atoms with Crippen molar-refractivity contribution in [2.45, 2.75) is 20.3 Å². The van der Waals surface area contributed by atoms with E-state index in [1.54, 1.807) is 12.1 Å². The maximum absolute atomic E-state index is 12.5. The lowest BCUT2D eigenvalue weighted by atomic mass is 9.97. The first-order valence-corrected chi connectivity index (χ1v) is 7.12. The van der Waals surface area contributed by atoms with Gasteiger partial charge in [0.05, 0.1) is 0 Å². The number of fused-ring (bicyclic) bond motifs is 1. The fraction of sp³-hybridized carbons (Fsp3) is 0.278. The Hall–Kier alpha value is -2.29. The van der Waals surface area contributed by atoms with E-state index in [1.165, 1.54) is 5.56 Å². The van der Waals surface area contributed by atoms with Crippen LogP contribution in [0.4, 0.5) is 0 Å². The molecule has 0 spiro atoms. The third-order valence-corrected chi connectivity index (χ3v) is 3.72. The number of carbonyl (C=O) groups is 1. The summed E-state index contributed by atoms with van der Waals surface area (Å²) in [5, 5.41) is 0.